The van der Waals surface area contributed by atoms with Gasteiger partial charge in [0.2, 0.25) is 6.41 Å². The second-order valence-electron chi connectivity index (χ2n) is 3.61. The van der Waals surface area contributed by atoms with Crippen molar-refractivity contribution in [2.45, 2.75) is 12.1 Å². The summed E-state index contributed by atoms with van der Waals surface area (Å²) in [5.41, 5.74) is 4.57. The number of hydrogen-bond acceptors (Lipinski definition) is 2. The molecule has 0 radical (unpaired) electrons. The predicted molar refractivity (Wildman–Crippen MR) is 57.3 cm³/mol. The van der Waals surface area contributed by atoms with E-state index in [1.54, 1.807) is 12.1 Å². The Morgan fingerprint density at radius 2 is 1.71 bits per heavy atom. The van der Waals surface area contributed by atoms with E-state index >= 15 is 0 Å². The van der Waals surface area contributed by atoms with Crippen molar-refractivity contribution in [2.24, 2.45) is 5.73 Å². The number of nitrogens with one attached hydrogen (secondary N) is 1. The second-order valence-corrected chi connectivity index (χ2v) is 3.61. The van der Waals surface area contributed by atoms with Gasteiger partial charge in [-0.15, -0.1) is 0 Å². The molecular weight excluding hydrogens is 233 g/mol. The van der Waals surface area contributed by atoms with Crippen molar-refractivity contribution in [3.8, 4) is 0 Å². The van der Waals surface area contributed by atoms with Crippen molar-refractivity contribution in [2.75, 3.05) is 13.1 Å². The van der Waals surface area contributed by atoms with E-state index in [0.29, 0.717) is 5.92 Å². The van der Waals surface area contributed by atoms with E-state index in [-0.39, 0.29) is 6.41 Å². The fourth-order valence-electron chi connectivity index (χ4n) is 1.47. The van der Waals surface area contributed by atoms with Crippen LogP contribution in [0.4, 0.5) is 13.2 Å². The van der Waals surface area contributed by atoms with Crippen LogP contribution in [0.15, 0.2) is 24.3 Å². The summed E-state index contributed by atoms with van der Waals surface area (Å²) in [6.07, 6.45) is -3.98. The quantitative estimate of drug-likeness (QED) is 0.738. The van der Waals surface area contributed by atoms with Gasteiger partial charge in [-0.1, -0.05) is 12.1 Å². The average Bonchev–Trinajstić information content (AvgIpc) is 2.15. The zero-order valence-corrected chi connectivity index (χ0v) is 9.00. The summed E-state index contributed by atoms with van der Waals surface area (Å²) < 4.78 is 36.6. The highest BCUT2D eigenvalue weighted by Crippen LogP contribution is 2.30. The van der Waals surface area contributed by atoms with E-state index in [0.717, 1.165) is 30.8 Å². The smallest absolute Gasteiger partial charge is 0.372 e. The molecule has 1 heterocycles. The maximum atomic E-state index is 12.2. The standard InChI is InChI=1S/C10H10F3N.CH3NO/c11-10(12,13)9-3-1-7(2-4-9)8-5-14-6-8;2-1-3/h1-4,8,14H,5-6H2;1H,(H2,2,3). The zero-order valence-electron chi connectivity index (χ0n) is 9.00. The Morgan fingerprint density at radius 3 is 2.00 bits per heavy atom. The molecule has 1 fully saturated rings. The lowest BCUT2D eigenvalue weighted by Crippen LogP contribution is -2.39. The van der Waals surface area contributed by atoms with Gasteiger partial charge in [0.15, 0.2) is 0 Å². The number of primary amides is 1. The van der Waals surface area contributed by atoms with Gasteiger partial charge in [0.25, 0.3) is 0 Å². The van der Waals surface area contributed by atoms with Crippen molar-refractivity contribution in [3.05, 3.63) is 35.4 Å². The summed E-state index contributed by atoms with van der Waals surface area (Å²) >= 11 is 0. The Labute approximate surface area is 96.8 Å². The SMILES string of the molecule is FC(F)(F)c1ccc(C2CNC2)cc1.NC=O. The minimum absolute atomic E-state index is 0.250. The van der Waals surface area contributed by atoms with Crippen LogP contribution in [-0.2, 0) is 11.0 Å². The van der Waals surface area contributed by atoms with Gasteiger partial charge < -0.3 is 11.1 Å². The van der Waals surface area contributed by atoms with Crippen LogP contribution < -0.4 is 11.1 Å². The van der Waals surface area contributed by atoms with E-state index in [1.807, 2.05) is 0 Å². The van der Waals surface area contributed by atoms with Gasteiger partial charge in [-0.25, -0.2) is 0 Å². The summed E-state index contributed by atoms with van der Waals surface area (Å²) in [4.78, 5) is 8.58. The summed E-state index contributed by atoms with van der Waals surface area (Å²) in [5, 5.41) is 3.08. The third kappa shape index (κ3) is 3.74. The molecule has 0 aromatic heterocycles. The molecule has 0 atom stereocenters. The molecule has 0 aliphatic carbocycles. The third-order valence-electron chi connectivity index (χ3n) is 2.49. The second kappa shape index (κ2) is 5.67. The van der Waals surface area contributed by atoms with E-state index in [9.17, 15) is 13.2 Å². The fourth-order valence-corrected chi connectivity index (χ4v) is 1.47. The number of alkyl halides is 3. The van der Waals surface area contributed by atoms with Crippen molar-refractivity contribution >= 4 is 6.41 Å². The average molecular weight is 246 g/mol. The van der Waals surface area contributed by atoms with Crippen molar-refractivity contribution in [3.63, 3.8) is 0 Å². The third-order valence-corrected chi connectivity index (χ3v) is 2.49. The molecule has 3 N–H and O–H groups in total. The van der Waals surface area contributed by atoms with Gasteiger partial charge in [0.05, 0.1) is 5.56 Å². The number of rotatable bonds is 1. The largest absolute Gasteiger partial charge is 0.416 e. The lowest BCUT2D eigenvalue weighted by Gasteiger charge is -2.27. The van der Waals surface area contributed by atoms with E-state index < -0.39 is 11.7 Å². The number of hydrogen-bond donors (Lipinski definition) is 2. The van der Waals surface area contributed by atoms with Crippen LogP contribution in [0.5, 0.6) is 0 Å². The highest BCUT2D eigenvalue weighted by molar-refractivity contribution is 5.42. The number of benzene rings is 1. The molecule has 2 rings (SSSR count). The van der Waals surface area contributed by atoms with Gasteiger partial charge in [-0.3, -0.25) is 4.79 Å². The topological polar surface area (TPSA) is 55.1 Å². The van der Waals surface area contributed by atoms with Crippen molar-refractivity contribution in [1.29, 1.82) is 0 Å². The van der Waals surface area contributed by atoms with Crippen LogP contribution in [-0.4, -0.2) is 19.5 Å². The Bertz CT molecular complexity index is 358. The first-order chi connectivity index (χ1) is 7.99. The minimum atomic E-state index is -4.23. The normalized spacial score (nSPS) is 15.5. The van der Waals surface area contributed by atoms with Crippen LogP contribution in [0.1, 0.15) is 17.0 Å². The van der Waals surface area contributed by atoms with Crippen LogP contribution in [0.25, 0.3) is 0 Å². The van der Waals surface area contributed by atoms with Crippen LogP contribution in [0.2, 0.25) is 0 Å². The number of halogens is 3. The molecule has 0 spiro atoms. The molecule has 1 amide bonds. The predicted octanol–water partition coefficient (Wildman–Crippen LogP) is 1.49. The van der Waals surface area contributed by atoms with Crippen LogP contribution in [0.3, 0.4) is 0 Å². The van der Waals surface area contributed by atoms with E-state index in [1.165, 1.54) is 0 Å². The molecule has 1 aliphatic heterocycles. The molecule has 94 valence electrons. The van der Waals surface area contributed by atoms with Crippen molar-refractivity contribution in [1.82, 2.24) is 5.32 Å². The molecule has 1 aromatic carbocycles. The number of carbonyl (C=O) groups is 1. The Hall–Kier alpha value is -1.56. The summed E-state index contributed by atoms with van der Waals surface area (Å²) in [7, 11) is 0. The lowest BCUT2D eigenvalue weighted by molar-refractivity contribution is -0.137. The summed E-state index contributed by atoms with van der Waals surface area (Å²) in [6.45, 7) is 1.73. The Kier molecular flexibility index (Phi) is 4.51. The van der Waals surface area contributed by atoms with Gasteiger partial charge in [0.1, 0.15) is 0 Å². The first-order valence-corrected chi connectivity index (χ1v) is 5.02. The summed E-state index contributed by atoms with van der Waals surface area (Å²) in [6, 6.07) is 5.42. The molecule has 1 saturated heterocycles. The Morgan fingerprint density at radius 1 is 1.24 bits per heavy atom. The molecular formula is C11H13F3N2O. The Balaban J connectivity index is 0.000000437. The van der Waals surface area contributed by atoms with Gasteiger partial charge in [-0.05, 0) is 17.7 Å². The molecule has 3 nitrogen and oxygen atoms in total. The molecule has 17 heavy (non-hydrogen) atoms. The summed E-state index contributed by atoms with van der Waals surface area (Å²) in [5.74, 6) is 0.386. The molecule has 6 heteroatoms. The lowest BCUT2D eigenvalue weighted by atomic mass is 9.93. The van der Waals surface area contributed by atoms with Gasteiger partial charge in [-0.2, -0.15) is 13.2 Å². The molecule has 1 aliphatic rings. The van der Waals surface area contributed by atoms with Crippen LogP contribution >= 0.6 is 0 Å². The molecule has 0 bridgehead atoms. The highest BCUT2D eigenvalue weighted by Gasteiger charge is 2.30. The number of carbonyl (C=O) groups excluding carboxylic acids is 1. The number of amides is 1. The van der Waals surface area contributed by atoms with Crippen LogP contribution in [0, 0.1) is 0 Å². The van der Waals surface area contributed by atoms with Crippen molar-refractivity contribution < 1.29 is 18.0 Å². The number of nitrogens with two attached hydrogens (primary N) is 1. The van der Waals surface area contributed by atoms with Gasteiger partial charge in [0, 0.05) is 19.0 Å². The monoisotopic (exact) mass is 246 g/mol. The van der Waals surface area contributed by atoms with E-state index in [4.69, 9.17) is 4.79 Å². The molecule has 1 aromatic rings. The maximum Gasteiger partial charge on any atom is 0.416 e. The molecule has 0 unspecified atom stereocenters. The fraction of sp³-hybridized carbons (Fsp3) is 0.364. The maximum absolute atomic E-state index is 12.2. The zero-order chi connectivity index (χ0) is 12.9. The first-order valence-electron chi connectivity index (χ1n) is 5.02. The first kappa shape index (κ1) is 13.5. The van der Waals surface area contributed by atoms with Gasteiger partial charge >= 0.3 is 6.18 Å². The molecule has 0 saturated carbocycles. The highest BCUT2D eigenvalue weighted by atomic mass is 19.4. The minimum Gasteiger partial charge on any atom is -0.372 e. The van der Waals surface area contributed by atoms with E-state index in [2.05, 4.69) is 11.1 Å².